The van der Waals surface area contributed by atoms with Crippen LogP contribution < -0.4 is 10.1 Å². The summed E-state index contributed by atoms with van der Waals surface area (Å²) in [6, 6.07) is 11.5. The summed E-state index contributed by atoms with van der Waals surface area (Å²) >= 11 is 0. The molecular formula is C22H20FN7O. The predicted octanol–water partition coefficient (Wildman–Crippen LogP) is 4.67. The van der Waals surface area contributed by atoms with E-state index in [1.807, 2.05) is 18.3 Å². The lowest BCUT2D eigenvalue weighted by molar-refractivity contribution is 0.479. The summed E-state index contributed by atoms with van der Waals surface area (Å²) in [5, 5.41) is 17.1. The van der Waals surface area contributed by atoms with Crippen LogP contribution in [0.1, 0.15) is 24.8 Å². The number of hydrogen-bond donors (Lipinski definition) is 2. The average molecular weight is 417 g/mol. The van der Waals surface area contributed by atoms with Crippen molar-refractivity contribution in [3.05, 3.63) is 66.2 Å². The SMILES string of the molecule is Fc1ccc(Oc2cc(CCC3CC3)cnc2Nc2ccc(-c3nn[nH]n3)cn2)cc1. The average Bonchev–Trinajstić information content (AvgIpc) is 3.46. The third-order valence-electron chi connectivity index (χ3n) is 5.10. The lowest BCUT2D eigenvalue weighted by Crippen LogP contribution is -2.01. The zero-order chi connectivity index (χ0) is 21.0. The van der Waals surface area contributed by atoms with E-state index in [1.54, 1.807) is 24.4 Å². The number of rotatable bonds is 8. The molecule has 0 amide bonds. The van der Waals surface area contributed by atoms with Crippen LogP contribution in [-0.2, 0) is 6.42 Å². The Morgan fingerprint density at radius 3 is 2.65 bits per heavy atom. The van der Waals surface area contributed by atoms with E-state index in [4.69, 9.17) is 4.74 Å². The Morgan fingerprint density at radius 1 is 1.06 bits per heavy atom. The van der Waals surface area contributed by atoms with Crippen LogP contribution in [0.15, 0.2) is 54.9 Å². The van der Waals surface area contributed by atoms with Gasteiger partial charge in [0.05, 0.1) is 0 Å². The Hall–Kier alpha value is -3.88. The van der Waals surface area contributed by atoms with Crippen LogP contribution in [0, 0.1) is 11.7 Å². The molecule has 3 aromatic heterocycles. The van der Waals surface area contributed by atoms with Crippen molar-refractivity contribution in [2.24, 2.45) is 5.92 Å². The normalized spacial score (nSPS) is 13.2. The number of aromatic nitrogens is 6. The van der Waals surface area contributed by atoms with Crippen LogP contribution in [0.2, 0.25) is 0 Å². The zero-order valence-electron chi connectivity index (χ0n) is 16.6. The van der Waals surface area contributed by atoms with Gasteiger partial charge in [0, 0.05) is 18.0 Å². The van der Waals surface area contributed by atoms with Crippen LogP contribution in [0.4, 0.5) is 16.0 Å². The third-order valence-corrected chi connectivity index (χ3v) is 5.10. The number of halogens is 1. The summed E-state index contributed by atoms with van der Waals surface area (Å²) in [4.78, 5) is 8.97. The van der Waals surface area contributed by atoms with Gasteiger partial charge in [-0.25, -0.2) is 14.4 Å². The molecule has 8 nitrogen and oxygen atoms in total. The molecule has 1 aromatic carbocycles. The van der Waals surface area contributed by atoms with Crippen molar-refractivity contribution in [3.63, 3.8) is 0 Å². The van der Waals surface area contributed by atoms with Crippen molar-refractivity contribution >= 4 is 11.6 Å². The summed E-state index contributed by atoms with van der Waals surface area (Å²) in [5.74, 6) is 3.20. The number of pyridine rings is 2. The number of aromatic amines is 1. The van der Waals surface area contributed by atoms with E-state index in [0.717, 1.165) is 29.9 Å². The smallest absolute Gasteiger partial charge is 0.206 e. The fourth-order valence-corrected chi connectivity index (χ4v) is 3.21. The first-order valence-corrected chi connectivity index (χ1v) is 10.1. The number of tetrazole rings is 1. The molecule has 2 N–H and O–H groups in total. The number of hydrogen-bond acceptors (Lipinski definition) is 7. The van der Waals surface area contributed by atoms with E-state index in [-0.39, 0.29) is 5.82 Å². The zero-order valence-corrected chi connectivity index (χ0v) is 16.6. The Bertz CT molecular complexity index is 1140. The fraction of sp³-hybridized carbons (Fsp3) is 0.227. The lowest BCUT2D eigenvalue weighted by Gasteiger charge is -2.13. The predicted molar refractivity (Wildman–Crippen MR) is 112 cm³/mol. The topological polar surface area (TPSA) is 102 Å². The molecule has 0 aliphatic heterocycles. The largest absolute Gasteiger partial charge is 0.453 e. The molecule has 31 heavy (non-hydrogen) atoms. The van der Waals surface area contributed by atoms with Crippen LogP contribution in [0.5, 0.6) is 11.5 Å². The fourth-order valence-electron chi connectivity index (χ4n) is 3.21. The molecule has 0 spiro atoms. The molecule has 9 heteroatoms. The van der Waals surface area contributed by atoms with Gasteiger partial charge in [-0.1, -0.05) is 12.8 Å². The number of nitrogens with one attached hydrogen (secondary N) is 2. The van der Waals surface area contributed by atoms with Crippen molar-refractivity contribution in [2.75, 3.05) is 5.32 Å². The number of aryl methyl sites for hydroxylation is 1. The number of ether oxygens (including phenoxy) is 1. The number of benzene rings is 1. The van der Waals surface area contributed by atoms with Gasteiger partial charge in [-0.2, -0.15) is 5.21 Å². The molecule has 3 heterocycles. The van der Waals surface area contributed by atoms with Gasteiger partial charge in [0.25, 0.3) is 0 Å². The first-order valence-electron chi connectivity index (χ1n) is 10.1. The minimum Gasteiger partial charge on any atom is -0.453 e. The standard InChI is InChI=1S/C22H20FN7O/c23-17-6-8-18(9-7-17)31-19-11-15(4-3-14-1-2-14)12-25-22(19)26-20-10-5-16(13-24-20)21-27-29-30-28-21/h5-14H,1-4H2,(H,24,25,26)(H,27,28,29,30). The van der Waals surface area contributed by atoms with Gasteiger partial charge in [0.2, 0.25) is 5.82 Å². The minimum atomic E-state index is -0.312. The molecule has 0 bridgehead atoms. The monoisotopic (exact) mass is 417 g/mol. The minimum absolute atomic E-state index is 0.312. The van der Waals surface area contributed by atoms with Gasteiger partial charge in [0.15, 0.2) is 11.6 Å². The van der Waals surface area contributed by atoms with Crippen molar-refractivity contribution in [3.8, 4) is 22.9 Å². The maximum Gasteiger partial charge on any atom is 0.206 e. The molecule has 156 valence electrons. The van der Waals surface area contributed by atoms with E-state index in [2.05, 4.69) is 35.9 Å². The second-order valence-electron chi connectivity index (χ2n) is 7.52. The molecule has 0 radical (unpaired) electrons. The highest BCUT2D eigenvalue weighted by molar-refractivity contribution is 5.63. The Labute approximate surface area is 177 Å². The summed E-state index contributed by atoms with van der Waals surface area (Å²) in [6.07, 6.45) is 8.25. The van der Waals surface area contributed by atoms with Gasteiger partial charge < -0.3 is 10.1 Å². The highest BCUT2D eigenvalue weighted by Crippen LogP contribution is 2.35. The van der Waals surface area contributed by atoms with Gasteiger partial charge in [0.1, 0.15) is 17.4 Å². The van der Waals surface area contributed by atoms with Crippen LogP contribution in [0.25, 0.3) is 11.4 Å². The first kappa shape index (κ1) is 19.1. The molecule has 5 rings (SSSR count). The highest BCUT2D eigenvalue weighted by atomic mass is 19.1. The van der Waals surface area contributed by atoms with E-state index in [1.165, 1.54) is 25.0 Å². The third kappa shape index (κ3) is 4.82. The molecular weight excluding hydrogens is 397 g/mol. The van der Waals surface area contributed by atoms with Crippen LogP contribution in [-0.4, -0.2) is 30.6 Å². The Kier molecular flexibility index (Phi) is 5.22. The number of H-pyrrole nitrogens is 1. The van der Waals surface area contributed by atoms with E-state index in [0.29, 0.717) is 29.0 Å². The molecule has 0 saturated heterocycles. The van der Waals surface area contributed by atoms with E-state index in [9.17, 15) is 4.39 Å². The summed E-state index contributed by atoms with van der Waals surface area (Å²) < 4.78 is 19.3. The maximum atomic E-state index is 13.3. The highest BCUT2D eigenvalue weighted by Gasteiger charge is 2.21. The van der Waals surface area contributed by atoms with E-state index >= 15 is 0 Å². The Morgan fingerprint density at radius 2 is 1.94 bits per heavy atom. The second kappa shape index (κ2) is 8.47. The van der Waals surface area contributed by atoms with Crippen molar-refractivity contribution < 1.29 is 9.13 Å². The second-order valence-corrected chi connectivity index (χ2v) is 7.52. The van der Waals surface area contributed by atoms with Crippen molar-refractivity contribution in [1.29, 1.82) is 0 Å². The van der Waals surface area contributed by atoms with Gasteiger partial charge in [-0.15, -0.1) is 10.2 Å². The van der Waals surface area contributed by atoms with Crippen LogP contribution >= 0.6 is 0 Å². The Balaban J connectivity index is 1.38. The van der Waals surface area contributed by atoms with Crippen molar-refractivity contribution in [2.45, 2.75) is 25.7 Å². The summed E-state index contributed by atoms with van der Waals surface area (Å²) in [6.45, 7) is 0. The molecule has 1 saturated carbocycles. The van der Waals surface area contributed by atoms with Gasteiger partial charge in [-0.3, -0.25) is 0 Å². The van der Waals surface area contributed by atoms with Gasteiger partial charge in [-0.05, 0) is 72.0 Å². The van der Waals surface area contributed by atoms with Crippen molar-refractivity contribution in [1.82, 2.24) is 30.6 Å². The number of anilines is 2. The molecule has 1 aliphatic carbocycles. The molecule has 0 atom stereocenters. The lowest BCUT2D eigenvalue weighted by atomic mass is 10.1. The molecule has 0 unspecified atom stereocenters. The summed E-state index contributed by atoms with van der Waals surface area (Å²) in [5.41, 5.74) is 1.85. The number of nitrogens with zero attached hydrogens (tertiary/aromatic N) is 5. The molecule has 1 fully saturated rings. The quantitative estimate of drug-likeness (QED) is 0.429. The molecule has 4 aromatic rings. The first-order chi connectivity index (χ1) is 15.2. The summed E-state index contributed by atoms with van der Waals surface area (Å²) in [7, 11) is 0. The van der Waals surface area contributed by atoms with E-state index < -0.39 is 0 Å². The van der Waals surface area contributed by atoms with Gasteiger partial charge >= 0.3 is 0 Å². The molecule has 1 aliphatic rings. The maximum absolute atomic E-state index is 13.3. The van der Waals surface area contributed by atoms with Crippen LogP contribution in [0.3, 0.4) is 0 Å².